The summed E-state index contributed by atoms with van der Waals surface area (Å²) in [5.74, 6) is 0. The molecule has 0 aliphatic rings. The number of benzene rings is 1. The molecule has 2 aromatic rings. The molecule has 2 nitrogen and oxygen atoms in total. The van der Waals surface area contributed by atoms with Crippen molar-refractivity contribution < 1.29 is 0 Å². The molecule has 0 aliphatic carbocycles. The molecule has 1 heterocycles. The molecule has 0 radical (unpaired) electrons. The summed E-state index contributed by atoms with van der Waals surface area (Å²) in [5, 5.41) is 6.78. The molecule has 0 amide bonds. The van der Waals surface area contributed by atoms with E-state index >= 15 is 0 Å². The molecule has 0 saturated heterocycles. The van der Waals surface area contributed by atoms with Crippen LogP contribution >= 0.6 is 11.3 Å². The van der Waals surface area contributed by atoms with Crippen LogP contribution in [0, 0.1) is 0 Å². The Morgan fingerprint density at radius 1 is 1.24 bits per heavy atom. The van der Waals surface area contributed by atoms with Crippen LogP contribution < -0.4 is 5.32 Å². The zero-order chi connectivity index (χ0) is 12.1. The second-order valence-electron chi connectivity index (χ2n) is 4.43. The molecule has 0 aliphatic heterocycles. The first-order valence-electron chi connectivity index (χ1n) is 5.95. The molecule has 1 aromatic carbocycles. The number of hydrogen-bond donors (Lipinski definition) is 1. The highest BCUT2D eigenvalue weighted by molar-refractivity contribution is 7.09. The van der Waals surface area contributed by atoms with Crippen molar-refractivity contribution in [2.24, 2.45) is 0 Å². The summed E-state index contributed by atoms with van der Waals surface area (Å²) in [5.41, 5.74) is 1.35. The van der Waals surface area contributed by atoms with Gasteiger partial charge in [0.15, 0.2) is 0 Å². The lowest BCUT2D eigenvalue weighted by Crippen LogP contribution is -2.29. The van der Waals surface area contributed by atoms with E-state index in [2.05, 4.69) is 54.5 Å². The molecule has 0 fully saturated rings. The molecule has 3 heteroatoms. The average Bonchev–Trinajstić information content (AvgIpc) is 2.82. The lowest BCUT2D eigenvalue weighted by molar-refractivity contribution is 0.473. The van der Waals surface area contributed by atoms with Crippen LogP contribution in [-0.4, -0.2) is 11.0 Å². The van der Waals surface area contributed by atoms with Crippen LogP contribution in [0.25, 0.3) is 0 Å². The van der Waals surface area contributed by atoms with E-state index in [1.165, 1.54) is 10.6 Å². The molecule has 2 rings (SSSR count). The van der Waals surface area contributed by atoms with Crippen molar-refractivity contribution in [1.29, 1.82) is 0 Å². The SMILES string of the molecule is CC(C)N[C@@H](Cc1ccccc1)c1nccs1. The van der Waals surface area contributed by atoms with Gasteiger partial charge in [-0.15, -0.1) is 11.3 Å². The molecule has 1 aromatic heterocycles. The van der Waals surface area contributed by atoms with Gasteiger partial charge >= 0.3 is 0 Å². The predicted molar refractivity (Wildman–Crippen MR) is 73.3 cm³/mol. The van der Waals surface area contributed by atoms with Gasteiger partial charge in [-0.2, -0.15) is 0 Å². The lowest BCUT2D eigenvalue weighted by Gasteiger charge is -2.19. The van der Waals surface area contributed by atoms with E-state index in [1.54, 1.807) is 11.3 Å². The highest BCUT2D eigenvalue weighted by Gasteiger charge is 2.15. The number of nitrogens with zero attached hydrogens (tertiary/aromatic N) is 1. The van der Waals surface area contributed by atoms with Crippen molar-refractivity contribution in [3.05, 3.63) is 52.5 Å². The van der Waals surface area contributed by atoms with Crippen molar-refractivity contribution in [3.8, 4) is 0 Å². The highest BCUT2D eigenvalue weighted by Crippen LogP contribution is 2.21. The largest absolute Gasteiger partial charge is 0.305 e. The van der Waals surface area contributed by atoms with Gasteiger partial charge in [0, 0.05) is 17.6 Å². The van der Waals surface area contributed by atoms with Crippen molar-refractivity contribution >= 4 is 11.3 Å². The van der Waals surface area contributed by atoms with Crippen molar-refractivity contribution in [2.75, 3.05) is 0 Å². The summed E-state index contributed by atoms with van der Waals surface area (Å²) in [6.07, 6.45) is 2.87. The van der Waals surface area contributed by atoms with Gasteiger partial charge in [-0.3, -0.25) is 0 Å². The smallest absolute Gasteiger partial charge is 0.110 e. The zero-order valence-corrected chi connectivity index (χ0v) is 11.1. The van der Waals surface area contributed by atoms with Gasteiger partial charge in [-0.1, -0.05) is 44.2 Å². The van der Waals surface area contributed by atoms with Gasteiger partial charge in [0.2, 0.25) is 0 Å². The van der Waals surface area contributed by atoms with E-state index in [4.69, 9.17) is 0 Å². The highest BCUT2D eigenvalue weighted by atomic mass is 32.1. The molecular formula is C14H18N2S. The molecule has 0 unspecified atom stereocenters. The first kappa shape index (κ1) is 12.3. The number of nitrogens with one attached hydrogen (secondary N) is 1. The Kier molecular flexibility index (Phi) is 4.29. The summed E-state index contributed by atoms with van der Waals surface area (Å²) >= 11 is 1.72. The molecule has 90 valence electrons. The fourth-order valence-corrected chi connectivity index (χ4v) is 2.57. The minimum Gasteiger partial charge on any atom is -0.305 e. The average molecular weight is 246 g/mol. The van der Waals surface area contributed by atoms with Crippen LogP contribution in [0.2, 0.25) is 0 Å². The van der Waals surface area contributed by atoms with Crippen LogP contribution in [0.1, 0.15) is 30.5 Å². The molecule has 0 spiro atoms. The number of rotatable bonds is 5. The summed E-state index contributed by atoms with van der Waals surface area (Å²) in [6, 6.07) is 11.3. The van der Waals surface area contributed by atoms with Crippen LogP contribution in [-0.2, 0) is 6.42 Å². The van der Waals surface area contributed by atoms with Gasteiger partial charge in [-0.05, 0) is 12.0 Å². The van der Waals surface area contributed by atoms with Gasteiger partial charge in [0.05, 0.1) is 6.04 Å². The van der Waals surface area contributed by atoms with E-state index in [0.29, 0.717) is 12.1 Å². The third-order valence-corrected chi connectivity index (χ3v) is 3.46. The van der Waals surface area contributed by atoms with Crippen LogP contribution in [0.4, 0.5) is 0 Å². The summed E-state index contributed by atoms with van der Waals surface area (Å²) in [6.45, 7) is 4.34. The topological polar surface area (TPSA) is 24.9 Å². The normalized spacial score (nSPS) is 12.9. The Bertz CT molecular complexity index is 423. The molecular weight excluding hydrogens is 228 g/mol. The Labute approximate surface area is 107 Å². The molecule has 1 N–H and O–H groups in total. The maximum Gasteiger partial charge on any atom is 0.110 e. The maximum absolute atomic E-state index is 4.42. The fraction of sp³-hybridized carbons (Fsp3) is 0.357. The third-order valence-electron chi connectivity index (χ3n) is 2.57. The van der Waals surface area contributed by atoms with E-state index in [-0.39, 0.29) is 0 Å². The first-order valence-corrected chi connectivity index (χ1v) is 6.83. The quantitative estimate of drug-likeness (QED) is 0.874. The second-order valence-corrected chi connectivity index (χ2v) is 5.36. The molecule has 1 atom stereocenters. The predicted octanol–water partition coefficient (Wildman–Crippen LogP) is 3.42. The van der Waals surface area contributed by atoms with Gasteiger partial charge in [-0.25, -0.2) is 4.98 Å². The van der Waals surface area contributed by atoms with E-state index in [9.17, 15) is 0 Å². The van der Waals surface area contributed by atoms with Crippen molar-refractivity contribution in [2.45, 2.75) is 32.4 Å². The van der Waals surface area contributed by atoms with Crippen LogP contribution in [0.5, 0.6) is 0 Å². The minimum absolute atomic E-state index is 0.317. The molecule has 17 heavy (non-hydrogen) atoms. The Morgan fingerprint density at radius 2 is 2.00 bits per heavy atom. The maximum atomic E-state index is 4.42. The lowest BCUT2D eigenvalue weighted by atomic mass is 10.1. The molecule has 0 saturated carbocycles. The van der Waals surface area contributed by atoms with Gasteiger partial charge in [0.25, 0.3) is 0 Å². The number of hydrogen-bond acceptors (Lipinski definition) is 3. The number of aromatic nitrogens is 1. The van der Waals surface area contributed by atoms with Crippen LogP contribution in [0.15, 0.2) is 41.9 Å². The number of thiazole rings is 1. The molecule has 0 bridgehead atoms. The zero-order valence-electron chi connectivity index (χ0n) is 10.3. The second kappa shape index (κ2) is 5.94. The van der Waals surface area contributed by atoms with E-state index in [0.717, 1.165) is 6.42 Å². The first-order chi connectivity index (χ1) is 8.25. The Hall–Kier alpha value is -1.19. The Morgan fingerprint density at radius 3 is 2.59 bits per heavy atom. The monoisotopic (exact) mass is 246 g/mol. The van der Waals surface area contributed by atoms with Gasteiger partial charge in [0.1, 0.15) is 5.01 Å². The Balaban J connectivity index is 2.11. The fourth-order valence-electron chi connectivity index (χ4n) is 1.88. The van der Waals surface area contributed by atoms with Crippen LogP contribution in [0.3, 0.4) is 0 Å². The van der Waals surface area contributed by atoms with E-state index < -0.39 is 0 Å². The standard InChI is InChI=1S/C14H18N2S/c1-11(2)16-13(14-15-8-9-17-14)10-12-6-4-3-5-7-12/h3-9,11,13,16H,10H2,1-2H3/t13-/m0/s1. The summed E-state index contributed by atoms with van der Waals surface area (Å²) in [4.78, 5) is 4.42. The van der Waals surface area contributed by atoms with E-state index in [1.807, 2.05) is 11.6 Å². The van der Waals surface area contributed by atoms with Crippen molar-refractivity contribution in [3.63, 3.8) is 0 Å². The summed E-state index contributed by atoms with van der Waals surface area (Å²) in [7, 11) is 0. The minimum atomic E-state index is 0.317. The van der Waals surface area contributed by atoms with Gasteiger partial charge < -0.3 is 5.32 Å². The van der Waals surface area contributed by atoms with Crippen molar-refractivity contribution in [1.82, 2.24) is 10.3 Å². The third kappa shape index (κ3) is 3.65. The summed E-state index contributed by atoms with van der Waals surface area (Å²) < 4.78 is 0.